The van der Waals surface area contributed by atoms with Gasteiger partial charge in [-0.3, -0.25) is 4.79 Å². The number of aromatic nitrogens is 3. The first-order chi connectivity index (χ1) is 15.1. The third-order valence-electron chi connectivity index (χ3n) is 4.97. The van der Waals surface area contributed by atoms with Crippen molar-refractivity contribution >= 4 is 21.4 Å². The van der Waals surface area contributed by atoms with Gasteiger partial charge in [-0.25, -0.2) is 8.42 Å². The molecular weight excluding hydrogens is 450 g/mol. The van der Waals surface area contributed by atoms with Crippen LogP contribution in [0.5, 0.6) is 11.8 Å². The van der Waals surface area contributed by atoms with Gasteiger partial charge in [0.1, 0.15) is 10.8 Å². The standard InChI is InChI=1S/C23H26ClN3O4S/c1-5-6-10-32(29,30)14-18-12-20(17-11-19(24)22(28)27(4)13-17)26-23(25-18)31-21-15(2)8-7-9-16(21)3/h7-9,11-13H,5-6,10,14H2,1-4H3. The molecule has 0 saturated carbocycles. The van der Waals surface area contributed by atoms with Gasteiger partial charge in [-0.1, -0.05) is 43.1 Å². The van der Waals surface area contributed by atoms with Crippen LogP contribution < -0.4 is 10.3 Å². The first-order valence-corrected chi connectivity index (χ1v) is 12.5. The zero-order valence-electron chi connectivity index (χ0n) is 18.6. The molecule has 0 bridgehead atoms. The summed E-state index contributed by atoms with van der Waals surface area (Å²) in [7, 11) is -1.77. The Morgan fingerprint density at radius 1 is 1.12 bits per heavy atom. The Balaban J connectivity index is 2.10. The molecule has 0 aliphatic carbocycles. The van der Waals surface area contributed by atoms with Gasteiger partial charge in [-0.05, 0) is 43.5 Å². The monoisotopic (exact) mass is 475 g/mol. The molecule has 32 heavy (non-hydrogen) atoms. The van der Waals surface area contributed by atoms with Crippen molar-refractivity contribution in [3.8, 4) is 23.0 Å². The number of rotatable bonds is 8. The summed E-state index contributed by atoms with van der Waals surface area (Å²) in [5, 5.41) is 0.0398. The number of nitrogens with zero attached hydrogens (tertiary/aromatic N) is 3. The minimum atomic E-state index is -3.35. The molecule has 9 heteroatoms. The van der Waals surface area contributed by atoms with Gasteiger partial charge in [0.15, 0.2) is 9.84 Å². The Labute approximate surface area is 193 Å². The number of pyridine rings is 1. The van der Waals surface area contributed by atoms with E-state index in [1.807, 2.05) is 39.0 Å². The number of para-hydroxylation sites is 1. The number of sulfone groups is 1. The van der Waals surface area contributed by atoms with E-state index in [1.165, 1.54) is 10.6 Å². The normalized spacial score (nSPS) is 11.5. The lowest BCUT2D eigenvalue weighted by Gasteiger charge is -2.13. The van der Waals surface area contributed by atoms with Crippen molar-refractivity contribution in [2.45, 2.75) is 39.4 Å². The van der Waals surface area contributed by atoms with Gasteiger partial charge in [0.05, 0.1) is 22.9 Å². The largest absolute Gasteiger partial charge is 0.424 e. The maximum atomic E-state index is 12.6. The Bertz CT molecular complexity index is 1260. The molecule has 3 aromatic rings. The summed E-state index contributed by atoms with van der Waals surface area (Å²) >= 11 is 6.08. The minimum absolute atomic E-state index is 0.0329. The van der Waals surface area contributed by atoms with Gasteiger partial charge in [-0.2, -0.15) is 9.97 Å². The molecule has 0 amide bonds. The molecule has 7 nitrogen and oxygen atoms in total. The van der Waals surface area contributed by atoms with E-state index in [2.05, 4.69) is 9.97 Å². The molecule has 0 radical (unpaired) electrons. The van der Waals surface area contributed by atoms with Crippen LogP contribution in [0, 0.1) is 13.8 Å². The van der Waals surface area contributed by atoms with Gasteiger partial charge >= 0.3 is 6.01 Å². The number of unbranched alkanes of at least 4 members (excludes halogenated alkanes) is 1. The third-order valence-corrected chi connectivity index (χ3v) is 6.89. The SMILES string of the molecule is CCCCS(=O)(=O)Cc1cc(-c2cc(Cl)c(=O)n(C)c2)nc(Oc2c(C)cccc2C)n1. The molecule has 3 rings (SSSR count). The van der Waals surface area contributed by atoms with Crippen molar-refractivity contribution in [1.82, 2.24) is 14.5 Å². The summed E-state index contributed by atoms with van der Waals surface area (Å²) in [5.41, 5.74) is 2.76. The van der Waals surface area contributed by atoms with Crippen LogP contribution in [0.25, 0.3) is 11.3 Å². The fourth-order valence-electron chi connectivity index (χ4n) is 3.27. The van der Waals surface area contributed by atoms with Crippen molar-refractivity contribution in [1.29, 1.82) is 0 Å². The molecule has 0 unspecified atom stereocenters. The van der Waals surface area contributed by atoms with Crippen LogP contribution in [0.4, 0.5) is 0 Å². The first-order valence-electron chi connectivity index (χ1n) is 10.3. The third kappa shape index (κ3) is 5.75. The van der Waals surface area contributed by atoms with E-state index in [9.17, 15) is 13.2 Å². The summed E-state index contributed by atoms with van der Waals surface area (Å²) in [5.74, 6) is 0.468. The summed E-state index contributed by atoms with van der Waals surface area (Å²) < 4.78 is 32.5. The lowest BCUT2D eigenvalue weighted by molar-refractivity contribution is 0.434. The molecule has 0 saturated heterocycles. The van der Waals surface area contributed by atoms with E-state index >= 15 is 0 Å². The highest BCUT2D eigenvalue weighted by molar-refractivity contribution is 7.90. The predicted molar refractivity (Wildman–Crippen MR) is 126 cm³/mol. The van der Waals surface area contributed by atoms with Crippen LogP contribution >= 0.6 is 11.6 Å². The number of aryl methyl sites for hydroxylation is 3. The van der Waals surface area contributed by atoms with Crippen molar-refractivity contribution in [2.75, 3.05) is 5.75 Å². The highest BCUT2D eigenvalue weighted by atomic mass is 35.5. The van der Waals surface area contributed by atoms with Crippen LogP contribution in [0.1, 0.15) is 36.6 Å². The van der Waals surface area contributed by atoms with E-state index in [-0.39, 0.29) is 28.1 Å². The summed E-state index contributed by atoms with van der Waals surface area (Å²) in [6.07, 6.45) is 2.96. The average Bonchev–Trinajstić information content (AvgIpc) is 2.72. The Morgan fingerprint density at radius 2 is 1.81 bits per heavy atom. The lowest BCUT2D eigenvalue weighted by Crippen LogP contribution is -2.16. The average molecular weight is 476 g/mol. The molecule has 0 fully saturated rings. The zero-order valence-corrected chi connectivity index (χ0v) is 20.1. The van der Waals surface area contributed by atoms with Gasteiger partial charge in [0.25, 0.3) is 5.56 Å². The van der Waals surface area contributed by atoms with E-state index in [0.717, 1.165) is 17.5 Å². The van der Waals surface area contributed by atoms with Crippen molar-refractivity contribution < 1.29 is 13.2 Å². The van der Waals surface area contributed by atoms with Crippen LogP contribution in [-0.4, -0.2) is 28.7 Å². The number of hydrogen-bond donors (Lipinski definition) is 0. The van der Waals surface area contributed by atoms with Crippen LogP contribution in [0.3, 0.4) is 0 Å². The summed E-state index contributed by atoms with van der Waals surface area (Å²) in [4.78, 5) is 20.8. The lowest BCUT2D eigenvalue weighted by atomic mass is 10.1. The van der Waals surface area contributed by atoms with Gasteiger partial charge in [0, 0.05) is 18.8 Å². The summed E-state index contributed by atoms with van der Waals surface area (Å²) in [6.45, 7) is 5.77. The maximum absolute atomic E-state index is 12.6. The van der Waals surface area contributed by atoms with E-state index in [0.29, 0.717) is 29.1 Å². The molecule has 0 spiro atoms. The van der Waals surface area contributed by atoms with Crippen molar-refractivity contribution in [3.63, 3.8) is 0 Å². The van der Waals surface area contributed by atoms with Crippen molar-refractivity contribution in [2.24, 2.45) is 7.05 Å². The van der Waals surface area contributed by atoms with E-state index < -0.39 is 9.84 Å². The molecule has 0 aliphatic rings. The maximum Gasteiger partial charge on any atom is 0.322 e. The molecule has 0 N–H and O–H groups in total. The van der Waals surface area contributed by atoms with Gasteiger partial charge in [-0.15, -0.1) is 0 Å². The topological polar surface area (TPSA) is 91.2 Å². The molecule has 1 aromatic carbocycles. The number of halogens is 1. The number of ether oxygens (including phenoxy) is 1. The Morgan fingerprint density at radius 3 is 2.44 bits per heavy atom. The van der Waals surface area contributed by atoms with Crippen LogP contribution in [0.2, 0.25) is 5.02 Å². The fraction of sp³-hybridized carbons (Fsp3) is 0.348. The quantitative estimate of drug-likeness (QED) is 0.472. The first kappa shape index (κ1) is 23.9. The van der Waals surface area contributed by atoms with E-state index in [4.69, 9.17) is 16.3 Å². The molecule has 2 aromatic heterocycles. The van der Waals surface area contributed by atoms with Crippen LogP contribution in [0.15, 0.2) is 41.3 Å². The van der Waals surface area contributed by atoms with Crippen molar-refractivity contribution in [3.05, 3.63) is 68.7 Å². The zero-order chi connectivity index (χ0) is 23.5. The highest BCUT2D eigenvalue weighted by Crippen LogP contribution is 2.29. The second-order valence-electron chi connectivity index (χ2n) is 7.79. The second-order valence-corrected chi connectivity index (χ2v) is 10.4. The molecule has 2 heterocycles. The Kier molecular flexibility index (Phi) is 7.36. The van der Waals surface area contributed by atoms with Crippen LogP contribution in [-0.2, 0) is 22.6 Å². The Hall–Kier alpha value is -2.71. The predicted octanol–water partition coefficient (Wildman–Crippen LogP) is 4.62. The van der Waals surface area contributed by atoms with Gasteiger partial charge < -0.3 is 9.30 Å². The van der Waals surface area contributed by atoms with Gasteiger partial charge in [0.2, 0.25) is 0 Å². The molecule has 170 valence electrons. The van der Waals surface area contributed by atoms with E-state index in [1.54, 1.807) is 19.3 Å². The minimum Gasteiger partial charge on any atom is -0.424 e. The second kappa shape index (κ2) is 9.83. The molecule has 0 aliphatic heterocycles. The number of hydrogen-bond acceptors (Lipinski definition) is 6. The molecular formula is C23H26ClN3O4S. The summed E-state index contributed by atoms with van der Waals surface area (Å²) in [6, 6.07) is 8.88. The number of benzene rings is 1. The smallest absolute Gasteiger partial charge is 0.322 e. The fourth-order valence-corrected chi connectivity index (χ4v) is 4.99. The highest BCUT2D eigenvalue weighted by Gasteiger charge is 2.18. The molecule has 0 atom stereocenters.